The molecule has 1 aromatic carbocycles. The molecule has 0 bridgehead atoms. The Hall–Kier alpha value is -1.79. The van der Waals surface area contributed by atoms with E-state index in [1.807, 2.05) is 10.6 Å². The Labute approximate surface area is 92.2 Å². The molecular formula is C11H8ClN3. The second kappa shape index (κ2) is 3.76. The van der Waals surface area contributed by atoms with Gasteiger partial charge in [0.05, 0.1) is 27.9 Å². The molecule has 0 atom stereocenters. The fraction of sp³-hybridized carbons (Fsp3) is 0.0909. The normalized spacial score (nSPS) is 10.1. The molecule has 0 amide bonds. The van der Waals surface area contributed by atoms with Crippen LogP contribution in [-0.4, -0.2) is 9.55 Å². The van der Waals surface area contributed by atoms with Crippen LogP contribution in [0.3, 0.4) is 0 Å². The molecular weight excluding hydrogens is 210 g/mol. The van der Waals surface area contributed by atoms with Gasteiger partial charge in [-0.15, -0.1) is 6.58 Å². The quantitative estimate of drug-likeness (QED) is 0.726. The number of aromatic nitrogens is 2. The number of allylic oxidation sites excluding steroid dienone is 1. The molecule has 4 heteroatoms. The van der Waals surface area contributed by atoms with Crippen LogP contribution >= 0.6 is 11.6 Å². The average molecular weight is 218 g/mol. The maximum atomic E-state index is 8.80. The highest BCUT2D eigenvalue weighted by atomic mass is 35.5. The van der Waals surface area contributed by atoms with E-state index in [1.54, 1.807) is 24.5 Å². The molecule has 1 aromatic heterocycles. The predicted octanol–water partition coefficient (Wildman–Crippen LogP) is 2.75. The molecule has 0 fully saturated rings. The van der Waals surface area contributed by atoms with Gasteiger partial charge in [-0.3, -0.25) is 0 Å². The van der Waals surface area contributed by atoms with Crippen molar-refractivity contribution in [2.24, 2.45) is 0 Å². The monoisotopic (exact) mass is 217 g/mol. The summed E-state index contributed by atoms with van der Waals surface area (Å²) in [6.07, 6.45) is 3.50. The molecule has 15 heavy (non-hydrogen) atoms. The topological polar surface area (TPSA) is 41.6 Å². The molecule has 0 aliphatic rings. The summed E-state index contributed by atoms with van der Waals surface area (Å²) in [5.74, 6) is 0. The van der Waals surface area contributed by atoms with Gasteiger partial charge in [-0.1, -0.05) is 17.7 Å². The maximum Gasteiger partial charge on any atom is 0.101 e. The third-order valence-corrected chi connectivity index (χ3v) is 2.47. The van der Waals surface area contributed by atoms with E-state index < -0.39 is 0 Å². The van der Waals surface area contributed by atoms with Crippen molar-refractivity contribution in [2.45, 2.75) is 6.54 Å². The average Bonchev–Trinajstić information content (AvgIpc) is 2.61. The van der Waals surface area contributed by atoms with Gasteiger partial charge in [0.1, 0.15) is 6.07 Å². The van der Waals surface area contributed by atoms with E-state index in [1.165, 1.54) is 0 Å². The van der Waals surface area contributed by atoms with Crippen LogP contribution in [0.25, 0.3) is 11.0 Å². The Kier molecular flexibility index (Phi) is 2.44. The Balaban J connectivity index is 2.68. The van der Waals surface area contributed by atoms with Crippen molar-refractivity contribution in [3.05, 3.63) is 41.7 Å². The van der Waals surface area contributed by atoms with Crippen LogP contribution in [0.5, 0.6) is 0 Å². The van der Waals surface area contributed by atoms with E-state index >= 15 is 0 Å². The number of nitrogens with zero attached hydrogens (tertiary/aromatic N) is 3. The minimum absolute atomic E-state index is 0.452. The summed E-state index contributed by atoms with van der Waals surface area (Å²) in [6, 6.07) is 5.47. The second-order valence-electron chi connectivity index (χ2n) is 3.12. The lowest BCUT2D eigenvalue weighted by Crippen LogP contribution is -1.92. The lowest BCUT2D eigenvalue weighted by molar-refractivity contribution is 0.851. The highest BCUT2D eigenvalue weighted by Gasteiger charge is 2.06. The number of nitriles is 1. The molecule has 0 saturated carbocycles. The predicted molar refractivity (Wildman–Crippen MR) is 59.7 cm³/mol. The summed E-state index contributed by atoms with van der Waals surface area (Å²) in [5, 5.41) is 9.26. The first-order chi connectivity index (χ1) is 7.26. The summed E-state index contributed by atoms with van der Waals surface area (Å²) >= 11 is 5.94. The molecule has 0 radical (unpaired) electrons. The summed E-state index contributed by atoms with van der Waals surface area (Å²) < 4.78 is 1.93. The molecule has 0 N–H and O–H groups in total. The van der Waals surface area contributed by atoms with Gasteiger partial charge in [0, 0.05) is 6.54 Å². The van der Waals surface area contributed by atoms with Gasteiger partial charge in [-0.2, -0.15) is 5.26 Å². The summed E-state index contributed by atoms with van der Waals surface area (Å²) in [5.41, 5.74) is 2.14. The third kappa shape index (κ3) is 1.60. The highest BCUT2D eigenvalue weighted by molar-refractivity contribution is 6.32. The molecule has 0 aliphatic heterocycles. The summed E-state index contributed by atoms with van der Waals surface area (Å²) in [7, 11) is 0. The van der Waals surface area contributed by atoms with Crippen molar-refractivity contribution in [1.29, 1.82) is 5.26 Å². The van der Waals surface area contributed by atoms with Crippen molar-refractivity contribution in [2.75, 3.05) is 0 Å². The lowest BCUT2D eigenvalue weighted by atomic mass is 10.2. The molecule has 2 rings (SSSR count). The van der Waals surface area contributed by atoms with Crippen LogP contribution < -0.4 is 0 Å². The second-order valence-corrected chi connectivity index (χ2v) is 3.53. The number of fused-ring (bicyclic) bond motifs is 1. The van der Waals surface area contributed by atoms with Crippen LogP contribution in [-0.2, 0) is 6.54 Å². The van der Waals surface area contributed by atoms with Crippen molar-refractivity contribution in [1.82, 2.24) is 9.55 Å². The molecule has 74 valence electrons. The number of benzene rings is 1. The fourth-order valence-corrected chi connectivity index (χ4v) is 1.65. The number of imidazole rings is 1. The SMILES string of the molecule is C=CCn1cnc2cc(C#N)c(Cl)cc21. The highest BCUT2D eigenvalue weighted by Crippen LogP contribution is 2.22. The summed E-state index contributed by atoms with van der Waals surface area (Å²) in [6.45, 7) is 4.34. The minimum Gasteiger partial charge on any atom is -0.327 e. The van der Waals surface area contributed by atoms with Crippen molar-refractivity contribution in [3.8, 4) is 6.07 Å². The molecule has 0 unspecified atom stereocenters. The lowest BCUT2D eigenvalue weighted by Gasteiger charge is -2.00. The third-order valence-electron chi connectivity index (χ3n) is 2.16. The zero-order valence-electron chi connectivity index (χ0n) is 7.94. The number of halogens is 1. The molecule has 0 saturated heterocycles. The zero-order chi connectivity index (χ0) is 10.8. The smallest absolute Gasteiger partial charge is 0.101 e. The molecule has 0 aliphatic carbocycles. The standard InChI is InChI=1S/C11H8ClN3/c1-2-3-15-7-14-10-4-8(6-13)9(12)5-11(10)15/h2,4-5,7H,1,3H2. The Morgan fingerprint density at radius 3 is 3.07 bits per heavy atom. The Morgan fingerprint density at radius 1 is 1.60 bits per heavy atom. The van der Waals surface area contributed by atoms with Crippen LogP contribution in [0, 0.1) is 11.3 Å². The van der Waals surface area contributed by atoms with E-state index in [9.17, 15) is 0 Å². The van der Waals surface area contributed by atoms with Gasteiger partial charge < -0.3 is 4.57 Å². The van der Waals surface area contributed by atoms with Gasteiger partial charge >= 0.3 is 0 Å². The van der Waals surface area contributed by atoms with E-state index in [2.05, 4.69) is 11.6 Å². The first-order valence-electron chi connectivity index (χ1n) is 4.41. The van der Waals surface area contributed by atoms with Gasteiger partial charge in [-0.25, -0.2) is 4.98 Å². The number of rotatable bonds is 2. The van der Waals surface area contributed by atoms with Gasteiger partial charge in [0.2, 0.25) is 0 Å². The largest absolute Gasteiger partial charge is 0.327 e. The Morgan fingerprint density at radius 2 is 2.40 bits per heavy atom. The van der Waals surface area contributed by atoms with E-state index in [0.29, 0.717) is 17.1 Å². The van der Waals surface area contributed by atoms with Crippen molar-refractivity contribution >= 4 is 22.6 Å². The van der Waals surface area contributed by atoms with Crippen molar-refractivity contribution < 1.29 is 0 Å². The zero-order valence-corrected chi connectivity index (χ0v) is 8.70. The van der Waals surface area contributed by atoms with Gasteiger partial charge in [-0.05, 0) is 12.1 Å². The molecule has 1 heterocycles. The molecule has 0 spiro atoms. The van der Waals surface area contributed by atoms with E-state index in [-0.39, 0.29) is 0 Å². The van der Waals surface area contributed by atoms with Gasteiger partial charge in [0.15, 0.2) is 0 Å². The van der Waals surface area contributed by atoms with Crippen LogP contribution in [0.2, 0.25) is 5.02 Å². The fourth-order valence-electron chi connectivity index (χ4n) is 1.45. The van der Waals surface area contributed by atoms with Crippen LogP contribution in [0.1, 0.15) is 5.56 Å². The van der Waals surface area contributed by atoms with E-state index in [0.717, 1.165) is 11.0 Å². The molecule has 2 aromatic rings. The summed E-state index contributed by atoms with van der Waals surface area (Å²) in [4.78, 5) is 4.19. The van der Waals surface area contributed by atoms with E-state index in [4.69, 9.17) is 16.9 Å². The first kappa shape index (κ1) is 9.75. The minimum atomic E-state index is 0.452. The number of hydrogen-bond acceptors (Lipinski definition) is 2. The first-order valence-corrected chi connectivity index (χ1v) is 4.79. The Bertz CT molecular complexity index is 563. The van der Waals surface area contributed by atoms with Crippen LogP contribution in [0.15, 0.2) is 31.1 Å². The van der Waals surface area contributed by atoms with Crippen LogP contribution in [0.4, 0.5) is 0 Å². The molecule has 3 nitrogen and oxygen atoms in total. The van der Waals surface area contributed by atoms with Crippen molar-refractivity contribution in [3.63, 3.8) is 0 Å². The maximum absolute atomic E-state index is 8.80. The van der Waals surface area contributed by atoms with Gasteiger partial charge in [0.25, 0.3) is 0 Å². The number of hydrogen-bond donors (Lipinski definition) is 0.